The van der Waals surface area contributed by atoms with E-state index in [0.717, 1.165) is 116 Å². The van der Waals surface area contributed by atoms with Crippen LogP contribution < -0.4 is 25.6 Å². The fourth-order valence-electron chi connectivity index (χ4n) is 8.38. The first kappa shape index (κ1) is 37.5. The van der Waals surface area contributed by atoms with E-state index in [1.165, 1.54) is 5.56 Å². The van der Waals surface area contributed by atoms with Gasteiger partial charge < -0.3 is 25.2 Å². The van der Waals surface area contributed by atoms with Crippen LogP contribution in [0.25, 0.3) is 22.0 Å². The zero-order valence-corrected chi connectivity index (χ0v) is 32.7. The van der Waals surface area contributed by atoms with Crippen molar-refractivity contribution in [3.8, 4) is 17.0 Å². The molecule has 3 fully saturated rings. The van der Waals surface area contributed by atoms with Crippen molar-refractivity contribution in [2.45, 2.75) is 32.2 Å². The van der Waals surface area contributed by atoms with E-state index in [2.05, 4.69) is 96.1 Å². The quantitative estimate of drug-likeness (QED) is 0.181. The number of nitrogens with one attached hydrogen (secondary N) is 3. The monoisotopic (exact) mass is 780 g/mol. The number of aromatic nitrogens is 3. The molecule has 3 saturated heterocycles. The van der Waals surface area contributed by atoms with Crippen LogP contribution in [-0.2, 0) is 20.9 Å². The van der Waals surface area contributed by atoms with E-state index in [0.29, 0.717) is 37.8 Å². The van der Waals surface area contributed by atoms with Gasteiger partial charge in [-0.25, -0.2) is 15.0 Å². The highest BCUT2D eigenvalue weighted by molar-refractivity contribution is 6.01. The molecule has 5 aromatic rings. The number of carbonyl (C=O) groups excluding carboxylic acids is 3. The molecule has 3 amide bonds. The Hall–Kier alpha value is -6.12. The predicted octanol–water partition coefficient (Wildman–Crippen LogP) is 4.53. The van der Waals surface area contributed by atoms with Crippen molar-refractivity contribution in [2.24, 2.45) is 0 Å². The zero-order chi connectivity index (χ0) is 39.6. The number of carbonyl (C=O) groups is 3. The standard InChI is InChI=1S/C44H48N10O4/c1-29-37(26-46-43-41(29)45-14-23-58-43)32-4-5-33-25-47-44(49-38(33)24-32)48-34-8-2-30(3-9-34)27-51-17-21-54(22-18-51)40(56)28-52-15-19-53(20-16-52)35-10-6-31(7-11-35)36-12-13-39(55)50-42(36)57/h2-11,24-26,36,45H,12-23,27-28H2,1H3,(H,47,48,49)(H,50,55,57). The van der Waals surface area contributed by atoms with E-state index >= 15 is 0 Å². The van der Waals surface area contributed by atoms with Gasteiger partial charge in [0.2, 0.25) is 29.5 Å². The van der Waals surface area contributed by atoms with Crippen LogP contribution in [0.1, 0.15) is 35.4 Å². The van der Waals surface area contributed by atoms with Gasteiger partial charge in [-0.1, -0.05) is 36.4 Å². The number of ether oxygens (including phenoxy) is 1. The van der Waals surface area contributed by atoms with Gasteiger partial charge in [0.25, 0.3) is 0 Å². The Kier molecular flexibility index (Phi) is 10.6. The SMILES string of the molecule is Cc1c(-c2ccc3cnc(Nc4ccc(CN5CCN(C(=O)CN6CCN(c7ccc(C8CCC(=O)NC8=O)cc7)CC6)CC5)cc4)nc3c2)cnc2c1NCCO2. The number of hydrogen-bond donors (Lipinski definition) is 3. The average molecular weight is 781 g/mol. The predicted molar refractivity (Wildman–Crippen MR) is 223 cm³/mol. The fourth-order valence-corrected chi connectivity index (χ4v) is 8.38. The molecule has 9 rings (SSSR count). The molecule has 6 heterocycles. The van der Waals surface area contributed by atoms with Crippen molar-refractivity contribution in [3.63, 3.8) is 0 Å². The molecule has 2 aromatic heterocycles. The smallest absolute Gasteiger partial charge is 0.237 e. The Morgan fingerprint density at radius 1 is 0.879 bits per heavy atom. The summed E-state index contributed by atoms with van der Waals surface area (Å²) in [6, 6.07) is 22.7. The molecule has 0 aliphatic carbocycles. The summed E-state index contributed by atoms with van der Waals surface area (Å²) in [4.78, 5) is 60.0. The van der Waals surface area contributed by atoms with Crippen LogP contribution in [0.5, 0.6) is 5.88 Å². The van der Waals surface area contributed by atoms with Crippen molar-refractivity contribution in [3.05, 3.63) is 95.8 Å². The summed E-state index contributed by atoms with van der Waals surface area (Å²) in [5, 5.41) is 10.2. The maximum Gasteiger partial charge on any atom is 0.237 e. The summed E-state index contributed by atoms with van der Waals surface area (Å²) in [5.74, 6) is 0.702. The van der Waals surface area contributed by atoms with Crippen LogP contribution in [0, 0.1) is 6.92 Å². The number of imide groups is 1. The first-order valence-corrected chi connectivity index (χ1v) is 20.2. The molecule has 58 heavy (non-hydrogen) atoms. The van der Waals surface area contributed by atoms with Gasteiger partial charge in [-0.15, -0.1) is 0 Å². The Labute approximate surface area is 337 Å². The van der Waals surface area contributed by atoms with Gasteiger partial charge in [0.05, 0.1) is 18.0 Å². The molecule has 1 atom stereocenters. The highest BCUT2D eigenvalue weighted by Gasteiger charge is 2.29. The molecule has 0 radical (unpaired) electrons. The maximum atomic E-state index is 13.3. The average Bonchev–Trinajstić information content (AvgIpc) is 3.25. The number of hydrogen-bond acceptors (Lipinski definition) is 12. The summed E-state index contributed by atoms with van der Waals surface area (Å²) in [6.07, 6.45) is 4.64. The summed E-state index contributed by atoms with van der Waals surface area (Å²) in [5.41, 5.74) is 9.16. The molecular weight excluding hydrogens is 733 g/mol. The fraction of sp³-hybridized carbons (Fsp3) is 0.364. The lowest BCUT2D eigenvalue weighted by Crippen LogP contribution is -2.53. The molecule has 1 unspecified atom stereocenters. The van der Waals surface area contributed by atoms with Crippen LogP contribution in [-0.4, -0.2) is 119 Å². The number of amides is 3. The lowest BCUT2D eigenvalue weighted by atomic mass is 9.90. The third kappa shape index (κ3) is 8.16. The third-order valence-corrected chi connectivity index (χ3v) is 11.8. The summed E-state index contributed by atoms with van der Waals surface area (Å²) in [7, 11) is 0. The normalized spacial score (nSPS) is 18.9. The first-order chi connectivity index (χ1) is 28.3. The van der Waals surface area contributed by atoms with Crippen molar-refractivity contribution < 1.29 is 19.1 Å². The van der Waals surface area contributed by atoms with Crippen molar-refractivity contribution in [1.29, 1.82) is 0 Å². The van der Waals surface area contributed by atoms with Crippen LogP contribution >= 0.6 is 0 Å². The number of pyridine rings is 1. The van der Waals surface area contributed by atoms with Crippen LogP contribution in [0.15, 0.2) is 79.1 Å². The van der Waals surface area contributed by atoms with E-state index in [-0.39, 0.29) is 23.6 Å². The van der Waals surface area contributed by atoms with Gasteiger partial charge in [0.1, 0.15) is 12.3 Å². The number of nitrogens with zero attached hydrogens (tertiary/aromatic N) is 7. The zero-order valence-electron chi connectivity index (χ0n) is 32.7. The molecular formula is C44H48N10O4. The Bertz CT molecular complexity index is 2320. The third-order valence-electron chi connectivity index (χ3n) is 11.8. The topological polar surface area (TPSA) is 148 Å². The molecule has 4 aliphatic heterocycles. The molecule has 3 aromatic carbocycles. The van der Waals surface area contributed by atoms with Crippen LogP contribution in [0.2, 0.25) is 0 Å². The lowest BCUT2D eigenvalue weighted by Gasteiger charge is -2.38. The lowest BCUT2D eigenvalue weighted by molar-refractivity contribution is -0.135. The van der Waals surface area contributed by atoms with Gasteiger partial charge in [-0.3, -0.25) is 29.5 Å². The van der Waals surface area contributed by atoms with Gasteiger partial charge in [-0.2, -0.15) is 0 Å². The molecule has 0 bridgehead atoms. The second kappa shape index (κ2) is 16.4. The van der Waals surface area contributed by atoms with Crippen molar-refractivity contribution in [1.82, 2.24) is 35.0 Å². The van der Waals surface area contributed by atoms with Gasteiger partial charge in [0.15, 0.2) is 0 Å². The maximum absolute atomic E-state index is 13.3. The highest BCUT2D eigenvalue weighted by Crippen LogP contribution is 2.36. The van der Waals surface area contributed by atoms with Crippen LogP contribution in [0.3, 0.4) is 0 Å². The second-order valence-corrected chi connectivity index (χ2v) is 15.6. The van der Waals surface area contributed by atoms with Gasteiger partial charge >= 0.3 is 0 Å². The molecule has 14 heteroatoms. The van der Waals surface area contributed by atoms with E-state index < -0.39 is 0 Å². The number of anilines is 4. The van der Waals surface area contributed by atoms with E-state index in [1.54, 1.807) is 0 Å². The van der Waals surface area contributed by atoms with E-state index in [9.17, 15) is 14.4 Å². The van der Waals surface area contributed by atoms with E-state index in [1.807, 2.05) is 35.5 Å². The summed E-state index contributed by atoms with van der Waals surface area (Å²) < 4.78 is 5.71. The van der Waals surface area contributed by atoms with E-state index in [4.69, 9.17) is 9.72 Å². The molecule has 4 aliphatic rings. The number of rotatable bonds is 9. The minimum absolute atomic E-state index is 0.196. The van der Waals surface area contributed by atoms with Crippen molar-refractivity contribution in [2.75, 3.05) is 87.6 Å². The molecule has 298 valence electrons. The van der Waals surface area contributed by atoms with Crippen molar-refractivity contribution >= 4 is 51.6 Å². The minimum atomic E-state index is -0.274. The molecule has 14 nitrogen and oxygen atoms in total. The molecule has 3 N–H and O–H groups in total. The number of fused-ring (bicyclic) bond motifs is 2. The Morgan fingerprint density at radius 2 is 1.66 bits per heavy atom. The molecule has 0 saturated carbocycles. The summed E-state index contributed by atoms with van der Waals surface area (Å²) >= 11 is 0. The first-order valence-electron chi connectivity index (χ1n) is 20.2. The Balaban J connectivity index is 0.724. The summed E-state index contributed by atoms with van der Waals surface area (Å²) in [6.45, 7) is 11.2. The minimum Gasteiger partial charge on any atom is -0.474 e. The van der Waals surface area contributed by atoms with Crippen LogP contribution in [0.4, 0.5) is 23.0 Å². The molecule has 0 spiro atoms. The Morgan fingerprint density at radius 3 is 2.43 bits per heavy atom. The number of piperazine rings is 2. The number of piperidine rings is 1. The largest absolute Gasteiger partial charge is 0.474 e. The second-order valence-electron chi connectivity index (χ2n) is 15.6. The van der Waals surface area contributed by atoms with Gasteiger partial charge in [0, 0.05) is 107 Å². The van der Waals surface area contributed by atoms with Gasteiger partial charge in [-0.05, 0) is 65.9 Å². The number of benzene rings is 3. The highest BCUT2D eigenvalue weighted by atomic mass is 16.5.